The van der Waals surface area contributed by atoms with Crippen LogP contribution in [0.2, 0.25) is 0 Å². The molecular formula is C41H55N5O5. The second-order valence-electron chi connectivity index (χ2n) is 16.7. The molecule has 51 heavy (non-hydrogen) atoms. The Labute approximate surface area is 302 Å². The third kappa shape index (κ3) is 6.64. The molecule has 2 amide bonds. The number of hydrogen-bond acceptors (Lipinski definition) is 7. The number of fused-ring (bicyclic) bond motifs is 3. The van der Waals surface area contributed by atoms with Crippen LogP contribution in [0.1, 0.15) is 109 Å². The Kier molecular flexibility index (Phi) is 9.44. The maximum Gasteiger partial charge on any atom is 0.410 e. The van der Waals surface area contributed by atoms with Crippen molar-refractivity contribution in [2.24, 2.45) is 11.3 Å². The highest BCUT2D eigenvalue weighted by molar-refractivity contribution is 5.95. The van der Waals surface area contributed by atoms with Crippen LogP contribution in [0, 0.1) is 18.3 Å². The quantitative estimate of drug-likeness (QED) is 0.245. The molecule has 4 saturated carbocycles. The first-order chi connectivity index (χ1) is 24.3. The summed E-state index contributed by atoms with van der Waals surface area (Å²) in [5, 5.41) is 14.7. The number of amides is 2. The van der Waals surface area contributed by atoms with E-state index in [4.69, 9.17) is 14.5 Å². The van der Waals surface area contributed by atoms with Crippen LogP contribution in [0.5, 0.6) is 5.75 Å². The van der Waals surface area contributed by atoms with Crippen LogP contribution in [0.3, 0.4) is 0 Å². The van der Waals surface area contributed by atoms with E-state index in [1.165, 1.54) is 11.1 Å². The van der Waals surface area contributed by atoms with Crippen LogP contribution < -0.4 is 9.64 Å². The van der Waals surface area contributed by atoms with Crippen LogP contribution in [0.15, 0.2) is 48.9 Å². The normalized spacial score (nSPS) is 28.3. The van der Waals surface area contributed by atoms with Crippen molar-refractivity contribution in [2.75, 3.05) is 25.1 Å². The molecule has 1 aromatic carbocycles. The van der Waals surface area contributed by atoms with Gasteiger partial charge < -0.3 is 14.6 Å². The summed E-state index contributed by atoms with van der Waals surface area (Å²) in [6, 6.07) is 11.0. The molecule has 1 atom stereocenters. The molecule has 5 fully saturated rings. The number of likely N-dealkylation sites (tertiary alicyclic amines) is 1. The Morgan fingerprint density at radius 3 is 2.29 bits per heavy atom. The van der Waals surface area contributed by atoms with E-state index < -0.39 is 11.6 Å². The summed E-state index contributed by atoms with van der Waals surface area (Å²) in [5.74, 6) is 1.59. The molecule has 10 nitrogen and oxygen atoms in total. The van der Waals surface area contributed by atoms with E-state index in [9.17, 15) is 14.7 Å². The van der Waals surface area contributed by atoms with Gasteiger partial charge in [-0.1, -0.05) is 12.1 Å². The average molecular weight is 698 g/mol. The first-order valence-electron chi connectivity index (χ1n) is 19.0. The molecular weight excluding hydrogens is 642 g/mol. The first kappa shape index (κ1) is 35.5. The van der Waals surface area contributed by atoms with Gasteiger partial charge in [0.15, 0.2) is 0 Å². The summed E-state index contributed by atoms with van der Waals surface area (Å²) >= 11 is 0. The van der Waals surface area contributed by atoms with Gasteiger partial charge in [0, 0.05) is 36.5 Å². The number of methoxy groups -OCH3 is 1. The minimum Gasteiger partial charge on any atom is -0.496 e. The molecule has 3 heterocycles. The van der Waals surface area contributed by atoms with E-state index in [0.717, 1.165) is 55.4 Å². The summed E-state index contributed by atoms with van der Waals surface area (Å²) < 4.78 is 13.4. The van der Waals surface area contributed by atoms with E-state index in [2.05, 4.69) is 56.3 Å². The molecule has 0 spiro atoms. The Hall–Kier alpha value is -3.92. The molecule has 1 N–H and O–H groups in total. The van der Waals surface area contributed by atoms with E-state index >= 15 is 0 Å². The zero-order valence-electron chi connectivity index (χ0n) is 31.2. The van der Waals surface area contributed by atoms with E-state index in [1.54, 1.807) is 12.0 Å². The summed E-state index contributed by atoms with van der Waals surface area (Å²) in [6.45, 7) is 11.0. The van der Waals surface area contributed by atoms with Crippen molar-refractivity contribution in [3.8, 4) is 16.9 Å². The first-order valence-corrected chi connectivity index (χ1v) is 19.0. The number of nitrogens with zero attached hydrogens (tertiary/aromatic N) is 5. The van der Waals surface area contributed by atoms with Crippen molar-refractivity contribution in [1.82, 2.24) is 19.7 Å². The molecule has 10 heteroatoms. The fourth-order valence-electron chi connectivity index (χ4n) is 9.13. The Balaban J connectivity index is 1.09. The topological polar surface area (TPSA) is 110 Å². The Morgan fingerprint density at radius 2 is 1.71 bits per heavy atom. The lowest BCUT2D eigenvalue weighted by Gasteiger charge is -2.55. The lowest BCUT2D eigenvalue weighted by molar-refractivity contribution is -0.125. The maximum atomic E-state index is 14.7. The number of aliphatic hydroxyl groups excluding tert-OH is 1. The summed E-state index contributed by atoms with van der Waals surface area (Å²) in [6.07, 6.45) is 13.8. The number of carbonyl (C=O) groups is 2. The van der Waals surface area contributed by atoms with Crippen LogP contribution in [-0.4, -0.2) is 74.7 Å². The number of ether oxygens (including phenoxy) is 2. The Morgan fingerprint density at radius 1 is 1.00 bits per heavy atom. The van der Waals surface area contributed by atoms with Crippen LogP contribution in [0.25, 0.3) is 11.1 Å². The molecule has 3 aromatic rings. The van der Waals surface area contributed by atoms with Gasteiger partial charge in [-0.15, -0.1) is 0 Å². The number of anilines is 1. The highest BCUT2D eigenvalue weighted by Gasteiger charge is 2.52. The second kappa shape index (κ2) is 13.6. The summed E-state index contributed by atoms with van der Waals surface area (Å²) in [5.41, 5.74) is 4.21. The number of carbonyl (C=O) groups excluding carboxylic acids is 2. The van der Waals surface area contributed by atoms with Gasteiger partial charge in [-0.2, -0.15) is 5.10 Å². The number of benzene rings is 1. The van der Waals surface area contributed by atoms with Crippen molar-refractivity contribution < 1.29 is 24.2 Å². The minimum atomic E-state index is -0.620. The van der Waals surface area contributed by atoms with Crippen LogP contribution >= 0.6 is 0 Å². The fraction of sp³-hybridized carbons (Fsp3) is 0.610. The fourth-order valence-corrected chi connectivity index (χ4v) is 9.13. The van der Waals surface area contributed by atoms with Gasteiger partial charge in [0.1, 0.15) is 17.7 Å². The molecule has 0 radical (unpaired) electrons. The smallest absolute Gasteiger partial charge is 0.410 e. The number of aromatic nitrogens is 3. The number of rotatable bonds is 9. The monoisotopic (exact) mass is 697 g/mol. The van der Waals surface area contributed by atoms with E-state index in [1.807, 2.05) is 41.9 Å². The largest absolute Gasteiger partial charge is 0.496 e. The van der Waals surface area contributed by atoms with Gasteiger partial charge in [0.05, 0.1) is 31.5 Å². The highest BCUT2D eigenvalue weighted by atomic mass is 16.6. The molecule has 4 aliphatic carbocycles. The molecule has 5 aliphatic rings. The van der Waals surface area contributed by atoms with Gasteiger partial charge in [0.2, 0.25) is 5.91 Å². The molecule has 2 aromatic heterocycles. The average Bonchev–Trinajstić information content (AvgIpc) is 3.65. The van der Waals surface area contributed by atoms with Crippen molar-refractivity contribution in [3.05, 3.63) is 60.0 Å². The lowest BCUT2D eigenvalue weighted by atomic mass is 9.51. The van der Waals surface area contributed by atoms with Gasteiger partial charge >= 0.3 is 6.09 Å². The number of aliphatic hydroxyl groups is 1. The highest BCUT2D eigenvalue weighted by Crippen LogP contribution is 2.58. The zero-order chi connectivity index (χ0) is 36.1. The molecule has 274 valence electrons. The molecule has 1 aliphatic heterocycles. The Bertz CT molecular complexity index is 1730. The maximum absolute atomic E-state index is 14.7. The molecule has 1 unspecified atom stereocenters. The van der Waals surface area contributed by atoms with Crippen molar-refractivity contribution >= 4 is 17.8 Å². The van der Waals surface area contributed by atoms with Gasteiger partial charge in [0.25, 0.3) is 0 Å². The van der Waals surface area contributed by atoms with Gasteiger partial charge in [-0.25, -0.2) is 9.78 Å². The number of β-amino-alcohol motifs (C(OH)–C–C–N with tert-alkyl or cyclic N) is 1. The summed E-state index contributed by atoms with van der Waals surface area (Å²) in [7, 11) is 1.73. The molecule has 1 saturated heterocycles. The van der Waals surface area contributed by atoms with E-state index in [0.29, 0.717) is 44.6 Å². The van der Waals surface area contributed by atoms with Gasteiger partial charge in [-0.3, -0.25) is 19.3 Å². The predicted molar refractivity (Wildman–Crippen MR) is 197 cm³/mol. The second-order valence-corrected chi connectivity index (χ2v) is 16.7. The van der Waals surface area contributed by atoms with E-state index in [-0.39, 0.29) is 40.9 Å². The van der Waals surface area contributed by atoms with Gasteiger partial charge in [-0.05, 0) is 145 Å². The van der Waals surface area contributed by atoms with Crippen LogP contribution in [0.4, 0.5) is 10.6 Å². The molecule has 8 rings (SSSR count). The van der Waals surface area contributed by atoms with Crippen molar-refractivity contribution in [3.63, 3.8) is 0 Å². The minimum absolute atomic E-state index is 0.0421. The summed E-state index contributed by atoms with van der Waals surface area (Å²) in [4.78, 5) is 36.0. The third-order valence-electron chi connectivity index (χ3n) is 13.0. The number of pyridine rings is 1. The number of aryl methyl sites for hydroxylation is 1. The van der Waals surface area contributed by atoms with Crippen LogP contribution in [-0.2, 0) is 14.9 Å². The standard InChI is InChI=1S/C41H55N5O5/c1-27(2)46-24-31(23-43-46)30-13-20-42-36(22-30)44(37(48)29-7-10-33(11-8-29)51-38(49)45-25-35(47)39(45,4)5)26-40-14-17-41(18-15-40,19-16-40)32-9-12-34(50-6)28(3)21-32/h9,12-13,20-24,27,29,33,35,47H,7-8,10-11,14-19,25-26H2,1-6H3. The third-order valence-corrected chi connectivity index (χ3v) is 13.0. The van der Waals surface area contributed by atoms with Crippen molar-refractivity contribution in [1.29, 1.82) is 0 Å². The molecule has 2 bridgehead atoms. The van der Waals surface area contributed by atoms with Crippen molar-refractivity contribution in [2.45, 2.75) is 128 Å². The SMILES string of the molecule is COc1ccc(C23CCC(CN(C(=O)C4CCC(OC(=O)N5CC(O)C5(C)C)CC4)c4cc(-c5cnn(C(C)C)c5)ccn4)(CC2)CC3)cc1C. The number of hydrogen-bond donors (Lipinski definition) is 1. The predicted octanol–water partition coefficient (Wildman–Crippen LogP) is 7.62. The zero-order valence-corrected chi connectivity index (χ0v) is 31.2. The lowest BCUT2D eigenvalue weighted by Crippen LogP contribution is -2.69.